The lowest BCUT2D eigenvalue weighted by molar-refractivity contribution is -0.169. The number of hydrogen-bond acceptors (Lipinski definition) is 7. The van der Waals surface area contributed by atoms with E-state index in [9.17, 15) is 23.9 Å². The molecule has 3 aromatic rings. The highest BCUT2D eigenvalue weighted by molar-refractivity contribution is 7.14. The van der Waals surface area contributed by atoms with Gasteiger partial charge in [-0.05, 0) is 66.5 Å². The zero-order valence-electron chi connectivity index (χ0n) is 30.4. The summed E-state index contributed by atoms with van der Waals surface area (Å²) in [5.74, 6) is 0.756. The SMILES string of the molecule is CCC[C@H]1CC[C@H](C2CCN(c3cnc(-c4ccc(C[C@H](NC(=O)c5ccc(C(C)(C)C)s5)C(=O)N5CC(F)(C(=O)O)C5)cc4)nc3)CC2)CC1. The Kier molecular flexibility index (Phi) is 11.1. The highest BCUT2D eigenvalue weighted by atomic mass is 32.1. The second-order valence-electron chi connectivity index (χ2n) is 16.0. The largest absolute Gasteiger partial charge is 0.479 e. The molecule has 0 bridgehead atoms. The first kappa shape index (κ1) is 36.9. The number of carbonyl (C=O) groups excluding carboxylic acids is 2. The number of likely N-dealkylation sites (tertiary alicyclic amines) is 1. The van der Waals surface area contributed by atoms with E-state index >= 15 is 0 Å². The summed E-state index contributed by atoms with van der Waals surface area (Å²) in [4.78, 5) is 52.5. The molecular weight excluding hydrogens is 666 g/mol. The van der Waals surface area contributed by atoms with E-state index in [-0.39, 0.29) is 11.8 Å². The molecule has 274 valence electrons. The standard InChI is InChI=1S/C40H52FN5O4S/c1-5-6-26-7-11-28(12-8-26)29-17-19-45(20-18-29)31-22-42-35(43-23-31)30-13-9-27(10-14-30)21-32(37(48)46-24-40(41,25-46)38(49)50)44-36(47)33-15-16-34(51-33)39(2,3)4/h9-10,13-16,22-23,26,28-29,32H,5-8,11-12,17-21,24-25H2,1-4H3,(H,44,47)(H,49,50)/t26-,28-,32-/m0/s1. The van der Waals surface area contributed by atoms with Crippen molar-refractivity contribution < 1.29 is 23.9 Å². The molecule has 0 radical (unpaired) electrons. The molecule has 2 aliphatic heterocycles. The number of rotatable bonds is 11. The fourth-order valence-electron chi connectivity index (χ4n) is 8.01. The van der Waals surface area contributed by atoms with E-state index in [1.807, 2.05) is 42.7 Å². The number of anilines is 1. The molecule has 4 heterocycles. The molecule has 0 spiro atoms. The minimum Gasteiger partial charge on any atom is -0.479 e. The second-order valence-corrected chi connectivity index (χ2v) is 17.0. The summed E-state index contributed by atoms with van der Waals surface area (Å²) in [6, 6.07) is 10.2. The first-order chi connectivity index (χ1) is 24.3. The first-order valence-electron chi connectivity index (χ1n) is 18.6. The minimum absolute atomic E-state index is 0.132. The summed E-state index contributed by atoms with van der Waals surface area (Å²) >= 11 is 1.36. The number of thiophene rings is 1. The van der Waals surface area contributed by atoms with Crippen molar-refractivity contribution in [3.8, 4) is 11.4 Å². The number of nitrogens with zero attached hydrogens (tertiary/aromatic N) is 4. The lowest BCUT2D eigenvalue weighted by Gasteiger charge is -2.42. The van der Waals surface area contributed by atoms with Gasteiger partial charge >= 0.3 is 5.97 Å². The van der Waals surface area contributed by atoms with Crippen LogP contribution in [0.3, 0.4) is 0 Å². The minimum atomic E-state index is -2.47. The Morgan fingerprint density at radius 2 is 1.59 bits per heavy atom. The van der Waals surface area contributed by atoms with Gasteiger partial charge in [0.15, 0.2) is 5.82 Å². The van der Waals surface area contributed by atoms with Gasteiger partial charge in [-0.3, -0.25) is 9.59 Å². The molecule has 0 unspecified atom stereocenters. The third-order valence-corrected chi connectivity index (χ3v) is 12.7. The number of hydrogen-bond donors (Lipinski definition) is 2. The van der Waals surface area contributed by atoms with E-state index < -0.39 is 42.6 Å². The molecule has 2 aromatic heterocycles. The number of nitrogens with one attached hydrogen (secondary N) is 1. The van der Waals surface area contributed by atoms with E-state index in [2.05, 4.69) is 47.9 Å². The van der Waals surface area contributed by atoms with Gasteiger partial charge in [-0.15, -0.1) is 11.3 Å². The molecule has 51 heavy (non-hydrogen) atoms. The molecule has 9 nitrogen and oxygen atoms in total. The molecule has 2 saturated heterocycles. The second kappa shape index (κ2) is 15.4. The summed E-state index contributed by atoms with van der Waals surface area (Å²) in [5.41, 5.74) is 0.0498. The first-order valence-corrected chi connectivity index (χ1v) is 19.4. The van der Waals surface area contributed by atoms with Crippen LogP contribution in [0.1, 0.15) is 99.2 Å². The van der Waals surface area contributed by atoms with Gasteiger partial charge in [0, 0.05) is 30.0 Å². The number of halogens is 1. The Morgan fingerprint density at radius 1 is 0.961 bits per heavy atom. The number of amides is 2. The van der Waals surface area contributed by atoms with Crippen LogP contribution in [0.5, 0.6) is 0 Å². The molecule has 1 saturated carbocycles. The van der Waals surface area contributed by atoms with Crippen LogP contribution >= 0.6 is 11.3 Å². The van der Waals surface area contributed by atoms with Crippen molar-refractivity contribution in [3.63, 3.8) is 0 Å². The zero-order valence-corrected chi connectivity index (χ0v) is 31.2. The lowest BCUT2D eigenvalue weighted by Crippen LogP contribution is -2.67. The van der Waals surface area contributed by atoms with Gasteiger partial charge in [-0.25, -0.2) is 19.2 Å². The van der Waals surface area contributed by atoms with E-state index in [1.54, 1.807) is 6.07 Å². The maximum absolute atomic E-state index is 14.5. The van der Waals surface area contributed by atoms with Crippen LogP contribution < -0.4 is 10.2 Å². The molecule has 2 N–H and O–H groups in total. The summed E-state index contributed by atoms with van der Waals surface area (Å²) in [6.45, 7) is 9.47. The highest BCUT2D eigenvalue weighted by Gasteiger charge is 2.53. The van der Waals surface area contributed by atoms with E-state index in [0.29, 0.717) is 10.7 Å². The summed E-state index contributed by atoms with van der Waals surface area (Å²) in [7, 11) is 0. The number of aromatic nitrogens is 2. The monoisotopic (exact) mass is 717 g/mol. The Hall–Kier alpha value is -3.86. The highest BCUT2D eigenvalue weighted by Crippen LogP contribution is 2.40. The van der Waals surface area contributed by atoms with E-state index in [4.69, 9.17) is 0 Å². The summed E-state index contributed by atoms with van der Waals surface area (Å²) < 4.78 is 14.5. The Bertz CT molecular complexity index is 1670. The Labute approximate surface area is 305 Å². The lowest BCUT2D eigenvalue weighted by atomic mass is 9.72. The maximum atomic E-state index is 14.5. The summed E-state index contributed by atoms with van der Waals surface area (Å²) in [5, 5.41) is 12.1. The van der Waals surface area contributed by atoms with Crippen LogP contribution in [0.25, 0.3) is 11.4 Å². The third-order valence-electron chi connectivity index (χ3n) is 11.2. The number of benzene rings is 1. The third kappa shape index (κ3) is 8.62. The number of piperidine rings is 1. The van der Waals surface area contributed by atoms with Gasteiger partial charge in [0.1, 0.15) is 6.04 Å². The molecule has 11 heteroatoms. The van der Waals surface area contributed by atoms with Crippen molar-refractivity contribution in [1.29, 1.82) is 0 Å². The average molecular weight is 718 g/mol. The topological polar surface area (TPSA) is 116 Å². The molecule has 6 rings (SSSR count). The number of aliphatic carboxylic acids is 1. The van der Waals surface area contributed by atoms with E-state index in [0.717, 1.165) is 57.4 Å². The number of carboxylic acids is 1. The van der Waals surface area contributed by atoms with Gasteiger partial charge in [-0.2, -0.15) is 0 Å². The van der Waals surface area contributed by atoms with Crippen molar-refractivity contribution in [3.05, 3.63) is 64.1 Å². The van der Waals surface area contributed by atoms with Crippen LogP contribution in [0.15, 0.2) is 48.8 Å². The predicted octanol–water partition coefficient (Wildman–Crippen LogP) is 7.30. The van der Waals surface area contributed by atoms with Crippen molar-refractivity contribution in [2.24, 2.45) is 17.8 Å². The Balaban J connectivity index is 1.07. The van der Waals surface area contributed by atoms with Crippen LogP contribution in [0.4, 0.5) is 10.1 Å². The molecular formula is C40H52FN5O4S. The molecule has 2 amide bonds. The zero-order chi connectivity index (χ0) is 36.3. The van der Waals surface area contributed by atoms with Crippen molar-refractivity contribution in [2.45, 2.75) is 103 Å². The molecule has 1 aliphatic carbocycles. The average Bonchev–Trinajstić information content (AvgIpc) is 3.63. The fourth-order valence-corrected chi connectivity index (χ4v) is 8.97. The Morgan fingerprint density at radius 3 is 2.16 bits per heavy atom. The van der Waals surface area contributed by atoms with Gasteiger partial charge < -0.3 is 20.2 Å². The number of carboxylic acid groups (broad SMARTS) is 1. The van der Waals surface area contributed by atoms with Crippen LogP contribution in [0, 0.1) is 17.8 Å². The van der Waals surface area contributed by atoms with Gasteiger partial charge in [-0.1, -0.05) is 77.6 Å². The van der Waals surface area contributed by atoms with Crippen LogP contribution in [-0.4, -0.2) is 75.6 Å². The van der Waals surface area contributed by atoms with Crippen molar-refractivity contribution >= 4 is 34.8 Å². The van der Waals surface area contributed by atoms with Gasteiger partial charge in [0.2, 0.25) is 11.6 Å². The normalized spacial score (nSPS) is 21.5. The molecule has 1 aromatic carbocycles. The van der Waals surface area contributed by atoms with Crippen LogP contribution in [-0.2, 0) is 21.4 Å². The predicted molar refractivity (Wildman–Crippen MR) is 199 cm³/mol. The quantitative estimate of drug-likeness (QED) is 0.214. The summed E-state index contributed by atoms with van der Waals surface area (Å²) in [6.07, 6.45) is 14.7. The van der Waals surface area contributed by atoms with Crippen molar-refractivity contribution in [2.75, 3.05) is 31.1 Å². The van der Waals surface area contributed by atoms with E-state index in [1.165, 1.54) is 62.7 Å². The fraction of sp³-hybridized carbons (Fsp3) is 0.575. The smallest absolute Gasteiger partial charge is 0.345 e. The van der Waals surface area contributed by atoms with Gasteiger partial charge in [0.05, 0.1) is 36.0 Å². The van der Waals surface area contributed by atoms with Crippen molar-refractivity contribution in [1.82, 2.24) is 20.2 Å². The molecule has 1 atom stereocenters. The molecule has 3 aliphatic rings. The maximum Gasteiger partial charge on any atom is 0.345 e. The number of carbonyl (C=O) groups is 3. The van der Waals surface area contributed by atoms with Gasteiger partial charge in [0.25, 0.3) is 5.91 Å². The van der Waals surface area contributed by atoms with Crippen LogP contribution in [0.2, 0.25) is 0 Å². The number of alkyl halides is 1. The molecule has 3 fully saturated rings.